The minimum Gasteiger partial charge on any atom is -0.335 e. The van der Waals surface area contributed by atoms with E-state index in [2.05, 4.69) is 4.90 Å². The zero-order chi connectivity index (χ0) is 20.5. The second-order valence-corrected chi connectivity index (χ2v) is 8.41. The number of hydrogen-bond acceptors (Lipinski definition) is 5. The summed E-state index contributed by atoms with van der Waals surface area (Å²) in [7, 11) is 0. The number of carbonyl (C=O) groups is 3. The molecule has 152 valence electrons. The summed E-state index contributed by atoms with van der Waals surface area (Å²) in [4.78, 5) is 45.7. The second-order valence-electron chi connectivity index (χ2n) is 7.46. The van der Waals surface area contributed by atoms with Crippen LogP contribution in [-0.4, -0.2) is 71.4 Å². The number of thiophene rings is 1. The number of nitrogens with zero attached hydrogens (tertiary/aromatic N) is 4. The molecule has 2 aromatic rings. The lowest BCUT2D eigenvalue weighted by atomic mass is 10.2. The number of aryl methyl sites for hydroxylation is 1. The minimum atomic E-state index is -0.521. The molecule has 1 atom stereocenters. The predicted molar refractivity (Wildman–Crippen MR) is 112 cm³/mol. The van der Waals surface area contributed by atoms with Crippen molar-refractivity contribution in [2.45, 2.75) is 19.9 Å². The first kappa shape index (κ1) is 19.6. The first-order valence-corrected chi connectivity index (χ1v) is 10.6. The fraction of sp³-hybridized carbons (Fsp3) is 0.381. The van der Waals surface area contributed by atoms with Gasteiger partial charge in [0.05, 0.1) is 11.5 Å². The Morgan fingerprint density at radius 1 is 1.07 bits per heavy atom. The molecule has 4 amide bonds. The number of anilines is 1. The molecule has 0 spiro atoms. The molecule has 2 aliphatic rings. The summed E-state index contributed by atoms with van der Waals surface area (Å²) in [6.07, 6.45) is 0. The number of urea groups is 1. The van der Waals surface area contributed by atoms with Crippen molar-refractivity contribution >= 4 is 34.9 Å². The molecule has 0 unspecified atom stereocenters. The van der Waals surface area contributed by atoms with Gasteiger partial charge in [-0.15, -0.1) is 11.3 Å². The number of carbonyl (C=O) groups excluding carboxylic acids is 3. The van der Waals surface area contributed by atoms with Crippen molar-refractivity contribution in [2.24, 2.45) is 0 Å². The Bertz CT molecular complexity index is 905. The van der Waals surface area contributed by atoms with Crippen LogP contribution in [0.3, 0.4) is 0 Å². The highest BCUT2D eigenvalue weighted by atomic mass is 32.1. The van der Waals surface area contributed by atoms with Crippen LogP contribution in [0.2, 0.25) is 0 Å². The Morgan fingerprint density at radius 3 is 2.38 bits per heavy atom. The highest BCUT2D eigenvalue weighted by molar-refractivity contribution is 7.12. The third kappa shape index (κ3) is 3.77. The van der Waals surface area contributed by atoms with E-state index in [-0.39, 0.29) is 24.5 Å². The zero-order valence-electron chi connectivity index (χ0n) is 16.6. The molecule has 0 bridgehead atoms. The van der Waals surface area contributed by atoms with Crippen LogP contribution in [-0.2, 0) is 4.79 Å². The molecule has 0 radical (unpaired) electrons. The summed E-state index contributed by atoms with van der Waals surface area (Å²) in [6.45, 7) is 6.44. The van der Waals surface area contributed by atoms with Gasteiger partial charge < -0.3 is 4.90 Å². The van der Waals surface area contributed by atoms with Crippen LogP contribution in [0.15, 0.2) is 41.8 Å². The smallest absolute Gasteiger partial charge is 0.333 e. The monoisotopic (exact) mass is 412 g/mol. The molecule has 0 aliphatic carbocycles. The molecule has 1 aromatic carbocycles. The maximum Gasteiger partial charge on any atom is 0.333 e. The lowest BCUT2D eigenvalue weighted by Gasteiger charge is -2.35. The third-order valence-corrected chi connectivity index (χ3v) is 6.35. The van der Waals surface area contributed by atoms with Crippen LogP contribution >= 0.6 is 11.3 Å². The van der Waals surface area contributed by atoms with Crippen LogP contribution in [0.25, 0.3) is 0 Å². The fourth-order valence-corrected chi connectivity index (χ4v) is 4.43. The van der Waals surface area contributed by atoms with E-state index < -0.39 is 6.04 Å². The fourth-order valence-electron chi connectivity index (χ4n) is 3.74. The van der Waals surface area contributed by atoms with Gasteiger partial charge in [0.2, 0.25) is 0 Å². The Kier molecular flexibility index (Phi) is 5.38. The van der Waals surface area contributed by atoms with Gasteiger partial charge in [-0.2, -0.15) is 0 Å². The molecule has 0 N–H and O–H groups in total. The third-order valence-electron chi connectivity index (χ3n) is 5.49. The molecule has 4 rings (SSSR count). The van der Waals surface area contributed by atoms with Crippen LogP contribution in [0.5, 0.6) is 0 Å². The van der Waals surface area contributed by atoms with Gasteiger partial charge in [0.25, 0.3) is 11.8 Å². The zero-order valence-corrected chi connectivity index (χ0v) is 17.4. The molecule has 1 aromatic heterocycles. The van der Waals surface area contributed by atoms with Crippen molar-refractivity contribution in [3.8, 4) is 0 Å². The van der Waals surface area contributed by atoms with Crippen LogP contribution in [0.1, 0.15) is 22.2 Å². The predicted octanol–water partition coefficient (Wildman–Crippen LogP) is 2.63. The SMILES string of the molecule is Cc1ccc(N2C(=O)N(CN3CCN(C(=O)c4cccs4)CC3)C(=O)[C@H]2C)cc1. The molecular weight excluding hydrogens is 388 g/mol. The van der Waals surface area contributed by atoms with Gasteiger partial charge >= 0.3 is 6.03 Å². The maximum atomic E-state index is 13.0. The summed E-state index contributed by atoms with van der Waals surface area (Å²) in [6, 6.07) is 10.5. The lowest BCUT2D eigenvalue weighted by Crippen LogP contribution is -2.52. The Hall–Kier alpha value is -2.71. The number of hydrogen-bond donors (Lipinski definition) is 0. The van der Waals surface area contributed by atoms with E-state index in [1.54, 1.807) is 11.8 Å². The highest BCUT2D eigenvalue weighted by Gasteiger charge is 2.44. The van der Waals surface area contributed by atoms with Crippen molar-refractivity contribution in [2.75, 3.05) is 37.7 Å². The minimum absolute atomic E-state index is 0.0483. The lowest BCUT2D eigenvalue weighted by molar-refractivity contribution is -0.128. The molecule has 29 heavy (non-hydrogen) atoms. The molecule has 0 saturated carbocycles. The van der Waals surface area contributed by atoms with Gasteiger partial charge in [0.15, 0.2) is 0 Å². The molecule has 2 fully saturated rings. The van der Waals surface area contributed by atoms with E-state index in [9.17, 15) is 14.4 Å². The number of rotatable bonds is 4. The second kappa shape index (κ2) is 7.96. The van der Waals surface area contributed by atoms with E-state index in [1.807, 2.05) is 53.6 Å². The van der Waals surface area contributed by atoms with Crippen molar-refractivity contribution in [1.82, 2.24) is 14.7 Å². The van der Waals surface area contributed by atoms with E-state index in [4.69, 9.17) is 0 Å². The van der Waals surface area contributed by atoms with Gasteiger partial charge in [-0.05, 0) is 37.4 Å². The topological polar surface area (TPSA) is 64.2 Å². The van der Waals surface area contributed by atoms with Crippen molar-refractivity contribution in [1.29, 1.82) is 0 Å². The van der Waals surface area contributed by atoms with E-state index in [1.165, 1.54) is 16.2 Å². The summed E-state index contributed by atoms with van der Waals surface area (Å²) < 4.78 is 0. The van der Waals surface area contributed by atoms with Crippen LogP contribution in [0, 0.1) is 6.92 Å². The molecule has 3 heterocycles. The number of amides is 4. The quantitative estimate of drug-likeness (QED) is 0.725. The van der Waals surface area contributed by atoms with E-state index in [0.29, 0.717) is 26.2 Å². The number of benzene rings is 1. The van der Waals surface area contributed by atoms with Gasteiger partial charge in [-0.3, -0.25) is 19.4 Å². The van der Waals surface area contributed by atoms with Crippen LogP contribution in [0.4, 0.5) is 10.5 Å². The molecule has 8 heteroatoms. The van der Waals surface area contributed by atoms with Gasteiger partial charge in [-0.25, -0.2) is 9.69 Å². The summed E-state index contributed by atoms with van der Waals surface area (Å²) in [5.41, 5.74) is 1.83. The van der Waals surface area contributed by atoms with E-state index >= 15 is 0 Å². The normalized spacial score (nSPS) is 20.6. The molecular formula is C21H24N4O3S. The van der Waals surface area contributed by atoms with Gasteiger partial charge in [-0.1, -0.05) is 23.8 Å². The average molecular weight is 413 g/mol. The number of imide groups is 1. The summed E-state index contributed by atoms with van der Waals surface area (Å²) in [5, 5.41) is 1.90. The highest BCUT2D eigenvalue weighted by Crippen LogP contribution is 2.26. The maximum absolute atomic E-state index is 13.0. The van der Waals surface area contributed by atoms with Gasteiger partial charge in [0, 0.05) is 31.9 Å². The van der Waals surface area contributed by atoms with E-state index in [0.717, 1.165) is 16.1 Å². The van der Waals surface area contributed by atoms with Gasteiger partial charge in [0.1, 0.15) is 6.04 Å². The molecule has 7 nitrogen and oxygen atoms in total. The Labute approximate surface area is 174 Å². The van der Waals surface area contributed by atoms with Crippen molar-refractivity contribution in [3.63, 3.8) is 0 Å². The molecule has 2 saturated heterocycles. The first-order valence-electron chi connectivity index (χ1n) is 9.72. The summed E-state index contributed by atoms with van der Waals surface area (Å²) in [5.74, 6) is -0.139. The Balaban J connectivity index is 1.38. The van der Waals surface area contributed by atoms with Crippen molar-refractivity contribution in [3.05, 3.63) is 52.2 Å². The Morgan fingerprint density at radius 2 is 1.76 bits per heavy atom. The first-order chi connectivity index (χ1) is 14.0. The number of piperazine rings is 1. The van der Waals surface area contributed by atoms with Crippen LogP contribution < -0.4 is 4.90 Å². The molecule has 2 aliphatic heterocycles. The van der Waals surface area contributed by atoms with Crippen molar-refractivity contribution < 1.29 is 14.4 Å². The standard InChI is InChI=1S/C21H24N4O3S/c1-15-5-7-17(8-6-15)25-16(2)19(26)24(21(25)28)14-22-9-11-23(12-10-22)20(27)18-4-3-13-29-18/h3-8,13,16H,9-12,14H2,1-2H3/t16-/m1/s1. The largest absolute Gasteiger partial charge is 0.335 e. The average Bonchev–Trinajstić information content (AvgIpc) is 3.33. The summed E-state index contributed by atoms with van der Waals surface area (Å²) >= 11 is 1.44.